The number of aliphatic hydroxyl groups excluding tert-OH is 1. The molecule has 0 bridgehead atoms. The van der Waals surface area contributed by atoms with E-state index < -0.39 is 0 Å². The highest BCUT2D eigenvalue weighted by Gasteiger charge is 2.25. The minimum Gasteiger partial charge on any atom is -0.493 e. The minimum absolute atomic E-state index is 0.281. The number of benzene rings is 1. The molecule has 0 saturated carbocycles. The lowest BCUT2D eigenvalue weighted by Crippen LogP contribution is -2.09. The van der Waals surface area contributed by atoms with Crippen LogP contribution in [0.2, 0.25) is 5.02 Å². The Hall–Kier alpha value is -0.730. The molecule has 1 aliphatic heterocycles. The molecule has 1 aliphatic rings. The van der Waals surface area contributed by atoms with E-state index in [0.717, 1.165) is 22.8 Å². The van der Waals surface area contributed by atoms with Gasteiger partial charge in [0.25, 0.3) is 0 Å². The molecule has 0 saturated heterocycles. The van der Waals surface area contributed by atoms with E-state index in [1.165, 1.54) is 0 Å². The number of hydrogen-bond donors (Lipinski definition) is 1. The zero-order valence-electron chi connectivity index (χ0n) is 8.03. The van der Waals surface area contributed by atoms with E-state index in [9.17, 15) is 5.11 Å². The Labute approximate surface area is 88.5 Å². The van der Waals surface area contributed by atoms with Gasteiger partial charge in [0.1, 0.15) is 5.75 Å². The van der Waals surface area contributed by atoms with Crippen LogP contribution >= 0.6 is 11.6 Å². The molecule has 0 aliphatic carbocycles. The molecule has 3 heteroatoms. The molecule has 0 aromatic heterocycles. The van der Waals surface area contributed by atoms with Crippen molar-refractivity contribution in [1.82, 2.24) is 0 Å². The van der Waals surface area contributed by atoms with Crippen LogP contribution in [0.25, 0.3) is 0 Å². The van der Waals surface area contributed by atoms with Crippen molar-refractivity contribution in [2.45, 2.75) is 25.4 Å². The lowest BCUT2D eigenvalue weighted by molar-refractivity contribution is 0.167. The molecule has 1 aromatic rings. The Kier molecular flexibility index (Phi) is 2.66. The summed E-state index contributed by atoms with van der Waals surface area (Å²) < 4.78 is 5.50. The average Bonchev–Trinajstić information content (AvgIpc) is 2.47. The maximum absolute atomic E-state index is 9.32. The van der Waals surface area contributed by atoms with Crippen LogP contribution in [-0.2, 0) is 0 Å². The van der Waals surface area contributed by atoms with E-state index in [2.05, 4.69) is 0 Å². The normalized spacial score (nSPS) is 21.5. The van der Waals surface area contributed by atoms with Gasteiger partial charge in [-0.1, -0.05) is 11.6 Å². The summed E-state index contributed by atoms with van der Waals surface area (Å²) in [4.78, 5) is 0. The number of ether oxygens (including phenoxy) is 1. The summed E-state index contributed by atoms with van der Waals surface area (Å²) in [6.45, 7) is 2.45. The van der Waals surface area contributed by atoms with Crippen LogP contribution in [0, 0.1) is 0 Å². The maximum Gasteiger partial charge on any atom is 0.123 e. The highest BCUT2D eigenvalue weighted by Crippen LogP contribution is 2.37. The Morgan fingerprint density at radius 3 is 3.14 bits per heavy atom. The van der Waals surface area contributed by atoms with Gasteiger partial charge in [-0.2, -0.15) is 0 Å². The number of halogens is 1. The fourth-order valence-electron chi connectivity index (χ4n) is 1.86. The van der Waals surface area contributed by atoms with Gasteiger partial charge in [-0.25, -0.2) is 0 Å². The summed E-state index contributed by atoms with van der Waals surface area (Å²) >= 11 is 5.91. The lowest BCUT2D eigenvalue weighted by Gasteiger charge is -2.10. The zero-order chi connectivity index (χ0) is 10.1. The van der Waals surface area contributed by atoms with Crippen LogP contribution in [0.1, 0.15) is 24.8 Å². The van der Waals surface area contributed by atoms with E-state index >= 15 is 0 Å². The second kappa shape index (κ2) is 3.79. The first-order chi connectivity index (χ1) is 6.66. The van der Waals surface area contributed by atoms with E-state index in [0.29, 0.717) is 6.61 Å². The third-order valence-corrected chi connectivity index (χ3v) is 2.71. The zero-order valence-corrected chi connectivity index (χ0v) is 8.79. The van der Waals surface area contributed by atoms with Crippen LogP contribution < -0.4 is 4.74 Å². The quantitative estimate of drug-likeness (QED) is 0.817. The molecule has 1 N–H and O–H groups in total. The summed E-state index contributed by atoms with van der Waals surface area (Å²) in [6, 6.07) is 5.64. The molecular formula is C11H13ClO2. The van der Waals surface area contributed by atoms with E-state index in [-0.39, 0.29) is 12.0 Å². The van der Waals surface area contributed by atoms with E-state index in [1.54, 1.807) is 6.92 Å². The topological polar surface area (TPSA) is 29.5 Å². The number of hydrogen-bond acceptors (Lipinski definition) is 2. The fraction of sp³-hybridized carbons (Fsp3) is 0.455. The number of fused-ring (bicyclic) bond motifs is 1. The highest BCUT2D eigenvalue weighted by molar-refractivity contribution is 6.30. The van der Waals surface area contributed by atoms with Gasteiger partial charge in [0.2, 0.25) is 0 Å². The predicted molar refractivity (Wildman–Crippen MR) is 56.0 cm³/mol. The molecule has 0 fully saturated rings. The van der Waals surface area contributed by atoms with Gasteiger partial charge in [0.15, 0.2) is 0 Å². The van der Waals surface area contributed by atoms with Gasteiger partial charge < -0.3 is 9.84 Å². The third-order valence-electron chi connectivity index (χ3n) is 2.48. The first-order valence-corrected chi connectivity index (χ1v) is 5.15. The van der Waals surface area contributed by atoms with E-state index in [4.69, 9.17) is 16.3 Å². The second-order valence-electron chi connectivity index (χ2n) is 3.77. The van der Waals surface area contributed by atoms with Crippen molar-refractivity contribution in [2.75, 3.05) is 6.61 Å². The van der Waals surface area contributed by atoms with Gasteiger partial charge in [0, 0.05) is 16.5 Å². The van der Waals surface area contributed by atoms with Crippen LogP contribution in [0.4, 0.5) is 0 Å². The summed E-state index contributed by atoms with van der Waals surface area (Å²) in [7, 11) is 0. The molecule has 2 unspecified atom stereocenters. The third kappa shape index (κ3) is 1.86. The molecule has 0 spiro atoms. The Morgan fingerprint density at radius 1 is 1.64 bits per heavy atom. The molecule has 0 radical (unpaired) electrons. The van der Waals surface area contributed by atoms with Crippen LogP contribution in [-0.4, -0.2) is 17.8 Å². The summed E-state index contributed by atoms with van der Waals surface area (Å²) in [5.41, 5.74) is 1.12. The van der Waals surface area contributed by atoms with Gasteiger partial charge in [-0.15, -0.1) is 0 Å². The summed E-state index contributed by atoms with van der Waals surface area (Å²) in [5, 5.41) is 10.0. The van der Waals surface area contributed by atoms with Crippen molar-refractivity contribution in [1.29, 1.82) is 0 Å². The summed E-state index contributed by atoms with van der Waals surface area (Å²) in [5.74, 6) is 1.18. The first-order valence-electron chi connectivity index (χ1n) is 4.77. The molecule has 1 aromatic carbocycles. The summed E-state index contributed by atoms with van der Waals surface area (Å²) in [6.07, 6.45) is 0.432. The van der Waals surface area contributed by atoms with Crippen molar-refractivity contribution in [3.63, 3.8) is 0 Å². The SMILES string of the molecule is CC(O)CC1COc2ccc(Cl)cc21. The molecule has 76 valence electrons. The predicted octanol–water partition coefficient (Wildman–Crippen LogP) is 2.59. The Balaban J connectivity index is 2.24. The van der Waals surface area contributed by atoms with E-state index in [1.807, 2.05) is 18.2 Å². The molecule has 1 heterocycles. The van der Waals surface area contributed by atoms with Crippen LogP contribution in [0.3, 0.4) is 0 Å². The lowest BCUT2D eigenvalue weighted by atomic mass is 9.96. The van der Waals surface area contributed by atoms with Crippen LogP contribution in [0.5, 0.6) is 5.75 Å². The first kappa shape index (κ1) is 9.81. The van der Waals surface area contributed by atoms with Gasteiger partial charge in [-0.3, -0.25) is 0 Å². The van der Waals surface area contributed by atoms with Crippen LogP contribution in [0.15, 0.2) is 18.2 Å². The minimum atomic E-state index is -0.298. The molecule has 2 nitrogen and oxygen atoms in total. The highest BCUT2D eigenvalue weighted by atomic mass is 35.5. The van der Waals surface area contributed by atoms with Crippen molar-refractivity contribution < 1.29 is 9.84 Å². The molecular weight excluding hydrogens is 200 g/mol. The molecule has 0 amide bonds. The van der Waals surface area contributed by atoms with Gasteiger partial charge in [0.05, 0.1) is 12.7 Å². The second-order valence-corrected chi connectivity index (χ2v) is 4.21. The van der Waals surface area contributed by atoms with Crippen molar-refractivity contribution in [2.24, 2.45) is 0 Å². The maximum atomic E-state index is 9.32. The van der Waals surface area contributed by atoms with Crippen molar-refractivity contribution in [3.8, 4) is 5.75 Å². The standard InChI is InChI=1S/C11H13ClO2/c1-7(13)4-8-6-14-11-3-2-9(12)5-10(8)11/h2-3,5,7-8,13H,4,6H2,1H3. The number of aliphatic hydroxyl groups is 1. The smallest absolute Gasteiger partial charge is 0.123 e. The fourth-order valence-corrected chi connectivity index (χ4v) is 2.04. The van der Waals surface area contributed by atoms with Crippen molar-refractivity contribution >= 4 is 11.6 Å². The van der Waals surface area contributed by atoms with Gasteiger partial charge >= 0.3 is 0 Å². The van der Waals surface area contributed by atoms with Crippen molar-refractivity contribution in [3.05, 3.63) is 28.8 Å². The Morgan fingerprint density at radius 2 is 2.43 bits per heavy atom. The average molecular weight is 213 g/mol. The monoisotopic (exact) mass is 212 g/mol. The number of rotatable bonds is 2. The molecule has 14 heavy (non-hydrogen) atoms. The largest absolute Gasteiger partial charge is 0.493 e. The van der Waals surface area contributed by atoms with Gasteiger partial charge in [-0.05, 0) is 31.5 Å². The Bertz CT molecular complexity index is 336. The molecule has 2 atom stereocenters. The molecule has 2 rings (SSSR count).